The van der Waals surface area contributed by atoms with Crippen LogP contribution in [0.2, 0.25) is 0 Å². The second kappa shape index (κ2) is 7.31. The number of hydrogen-bond acceptors (Lipinski definition) is 5. The van der Waals surface area contributed by atoms with Crippen molar-refractivity contribution in [1.82, 2.24) is 4.31 Å². The molecule has 1 fully saturated rings. The van der Waals surface area contributed by atoms with Crippen LogP contribution in [0, 0.1) is 0 Å². The molecule has 1 N–H and O–H groups in total. The Hall–Kier alpha value is -2.23. The van der Waals surface area contributed by atoms with E-state index in [0.29, 0.717) is 24.3 Å². The predicted molar refractivity (Wildman–Crippen MR) is 107 cm³/mol. The average Bonchev–Trinajstić information content (AvgIpc) is 2.87. The molecule has 4 rings (SSSR count). The van der Waals surface area contributed by atoms with E-state index in [2.05, 4.69) is 9.71 Å². The summed E-state index contributed by atoms with van der Waals surface area (Å²) in [6.45, 7) is 1.10. The lowest BCUT2D eigenvalue weighted by Crippen LogP contribution is -2.31. The minimum Gasteiger partial charge on any atom is -0.339 e. The Morgan fingerprint density at radius 2 is 1.54 bits per heavy atom. The van der Waals surface area contributed by atoms with Crippen LogP contribution in [0.1, 0.15) is 31.2 Å². The van der Waals surface area contributed by atoms with E-state index >= 15 is 0 Å². The Morgan fingerprint density at radius 1 is 0.893 bits per heavy atom. The summed E-state index contributed by atoms with van der Waals surface area (Å²) in [5, 5.41) is 2.98. The first-order valence-electron chi connectivity index (χ1n) is 9.19. The molecule has 2 aromatic rings. The molecular weight excluding hydrogens is 398 g/mol. The zero-order valence-corrected chi connectivity index (χ0v) is 16.8. The Bertz CT molecular complexity index is 1120. The maximum absolute atomic E-state index is 12.8. The molecule has 0 bridgehead atoms. The molecule has 0 spiro atoms. The van der Waals surface area contributed by atoms with Gasteiger partial charge in [-0.2, -0.15) is 12.7 Å². The van der Waals surface area contributed by atoms with E-state index in [9.17, 15) is 16.8 Å². The van der Waals surface area contributed by atoms with Gasteiger partial charge < -0.3 is 5.32 Å². The molecule has 0 atom stereocenters. The summed E-state index contributed by atoms with van der Waals surface area (Å²) in [5.74, 6) is 0.235. The molecular formula is C19H21N3O4S2. The fraction of sp³-hybridized carbons (Fsp3) is 0.316. The molecule has 2 aromatic carbocycles. The summed E-state index contributed by atoms with van der Waals surface area (Å²) in [7, 11) is -7.22. The number of hydrogen-bond donors (Lipinski definition) is 1. The summed E-state index contributed by atoms with van der Waals surface area (Å²) < 4.78 is 55.3. The van der Waals surface area contributed by atoms with Gasteiger partial charge in [0, 0.05) is 24.3 Å². The SMILES string of the molecule is O=S1(=O)N=C(Nc2ccc(S(=O)(=O)N3CCCCCC3)cc2)c2ccccc21. The first kappa shape index (κ1) is 19.1. The van der Waals surface area contributed by atoms with Crippen molar-refractivity contribution in [1.29, 1.82) is 0 Å². The molecule has 2 heterocycles. The van der Waals surface area contributed by atoms with Gasteiger partial charge in [-0.3, -0.25) is 0 Å². The van der Waals surface area contributed by atoms with Crippen molar-refractivity contribution in [2.75, 3.05) is 18.4 Å². The first-order chi connectivity index (χ1) is 13.4. The number of nitrogens with one attached hydrogen (secondary N) is 1. The van der Waals surface area contributed by atoms with E-state index in [0.717, 1.165) is 25.7 Å². The molecule has 2 aliphatic rings. The Kier molecular flexibility index (Phi) is 4.98. The van der Waals surface area contributed by atoms with E-state index in [4.69, 9.17) is 0 Å². The lowest BCUT2D eigenvalue weighted by molar-refractivity contribution is 0.424. The third-order valence-corrected chi connectivity index (χ3v) is 8.20. The van der Waals surface area contributed by atoms with Crippen LogP contribution in [-0.4, -0.2) is 40.1 Å². The number of benzene rings is 2. The van der Waals surface area contributed by atoms with Crippen LogP contribution < -0.4 is 5.32 Å². The van der Waals surface area contributed by atoms with Crippen LogP contribution in [0.25, 0.3) is 0 Å². The molecule has 0 aromatic heterocycles. The van der Waals surface area contributed by atoms with Crippen molar-refractivity contribution in [3.8, 4) is 0 Å². The molecule has 0 amide bonds. The third-order valence-electron chi connectivity index (χ3n) is 4.95. The van der Waals surface area contributed by atoms with E-state index in [1.54, 1.807) is 46.8 Å². The average molecular weight is 420 g/mol. The minimum atomic E-state index is -3.70. The summed E-state index contributed by atoms with van der Waals surface area (Å²) in [6.07, 6.45) is 3.88. The molecule has 0 aliphatic carbocycles. The number of fused-ring (bicyclic) bond motifs is 1. The van der Waals surface area contributed by atoms with Gasteiger partial charge in [0.15, 0.2) is 5.84 Å². The maximum Gasteiger partial charge on any atom is 0.285 e. The van der Waals surface area contributed by atoms with E-state index < -0.39 is 20.0 Å². The molecule has 2 aliphatic heterocycles. The van der Waals surface area contributed by atoms with Gasteiger partial charge in [-0.15, -0.1) is 4.40 Å². The van der Waals surface area contributed by atoms with Crippen LogP contribution in [0.4, 0.5) is 5.69 Å². The van der Waals surface area contributed by atoms with Crippen molar-refractivity contribution < 1.29 is 16.8 Å². The van der Waals surface area contributed by atoms with Gasteiger partial charge in [0.1, 0.15) is 4.90 Å². The highest BCUT2D eigenvalue weighted by atomic mass is 32.2. The molecule has 0 radical (unpaired) electrons. The number of rotatable bonds is 3. The highest BCUT2D eigenvalue weighted by molar-refractivity contribution is 7.90. The summed E-state index contributed by atoms with van der Waals surface area (Å²) in [4.78, 5) is 0.402. The first-order valence-corrected chi connectivity index (χ1v) is 12.1. The summed E-state index contributed by atoms with van der Waals surface area (Å²) in [5.41, 5.74) is 1.07. The predicted octanol–water partition coefficient (Wildman–Crippen LogP) is 2.81. The molecule has 0 unspecified atom stereocenters. The highest BCUT2D eigenvalue weighted by Gasteiger charge is 2.29. The molecule has 9 heteroatoms. The van der Waals surface area contributed by atoms with Gasteiger partial charge in [-0.25, -0.2) is 8.42 Å². The fourth-order valence-electron chi connectivity index (χ4n) is 3.47. The largest absolute Gasteiger partial charge is 0.339 e. The quantitative estimate of drug-likeness (QED) is 0.825. The number of sulfonamides is 2. The van der Waals surface area contributed by atoms with Gasteiger partial charge in [-0.1, -0.05) is 25.0 Å². The standard InChI is InChI=1S/C19H21N3O4S2/c23-27(24)18-8-4-3-7-17(18)19(21-27)20-15-9-11-16(12-10-15)28(25,26)22-13-5-1-2-6-14-22/h3-4,7-12H,1-2,5-6,13-14H2,(H,20,21). The molecule has 7 nitrogen and oxygen atoms in total. The van der Waals surface area contributed by atoms with Crippen LogP contribution >= 0.6 is 0 Å². The van der Waals surface area contributed by atoms with Gasteiger partial charge in [0.25, 0.3) is 10.0 Å². The third kappa shape index (κ3) is 3.57. The van der Waals surface area contributed by atoms with Gasteiger partial charge in [-0.05, 0) is 49.2 Å². The van der Waals surface area contributed by atoms with Crippen LogP contribution in [0.3, 0.4) is 0 Å². The normalized spacial score (nSPS) is 19.5. The zero-order valence-electron chi connectivity index (χ0n) is 15.2. The molecule has 28 heavy (non-hydrogen) atoms. The van der Waals surface area contributed by atoms with Crippen LogP contribution in [-0.2, 0) is 20.0 Å². The van der Waals surface area contributed by atoms with Gasteiger partial charge in [0.05, 0.1) is 4.90 Å². The Morgan fingerprint density at radius 3 is 2.21 bits per heavy atom. The topological polar surface area (TPSA) is 95.9 Å². The Balaban J connectivity index is 1.56. The molecule has 1 saturated heterocycles. The number of amidine groups is 1. The van der Waals surface area contributed by atoms with Crippen LogP contribution in [0.15, 0.2) is 62.7 Å². The maximum atomic E-state index is 12.8. The number of nitrogens with zero attached hydrogens (tertiary/aromatic N) is 2. The fourth-order valence-corrected chi connectivity index (χ4v) is 6.17. The summed E-state index contributed by atoms with van der Waals surface area (Å²) >= 11 is 0. The van der Waals surface area contributed by atoms with Crippen molar-refractivity contribution in [3.05, 3.63) is 54.1 Å². The van der Waals surface area contributed by atoms with E-state index in [1.165, 1.54) is 6.07 Å². The van der Waals surface area contributed by atoms with E-state index in [-0.39, 0.29) is 15.6 Å². The minimum absolute atomic E-state index is 0.165. The van der Waals surface area contributed by atoms with Crippen molar-refractivity contribution >= 4 is 31.6 Å². The molecule has 148 valence electrons. The van der Waals surface area contributed by atoms with Gasteiger partial charge in [0.2, 0.25) is 10.0 Å². The number of anilines is 1. The Labute approximate surface area is 165 Å². The zero-order chi connectivity index (χ0) is 19.8. The smallest absolute Gasteiger partial charge is 0.285 e. The van der Waals surface area contributed by atoms with Crippen molar-refractivity contribution in [3.63, 3.8) is 0 Å². The molecule has 0 saturated carbocycles. The lowest BCUT2D eigenvalue weighted by atomic mass is 10.2. The summed E-state index contributed by atoms with van der Waals surface area (Å²) in [6, 6.07) is 12.9. The second-order valence-electron chi connectivity index (χ2n) is 6.88. The van der Waals surface area contributed by atoms with Crippen LogP contribution in [0.5, 0.6) is 0 Å². The highest BCUT2D eigenvalue weighted by Crippen LogP contribution is 2.27. The van der Waals surface area contributed by atoms with Crippen molar-refractivity contribution in [2.24, 2.45) is 4.40 Å². The van der Waals surface area contributed by atoms with Gasteiger partial charge >= 0.3 is 0 Å². The lowest BCUT2D eigenvalue weighted by Gasteiger charge is -2.20. The monoisotopic (exact) mass is 419 g/mol. The van der Waals surface area contributed by atoms with E-state index in [1.807, 2.05) is 0 Å². The second-order valence-corrected chi connectivity index (χ2v) is 10.4. The van der Waals surface area contributed by atoms with Crippen molar-refractivity contribution in [2.45, 2.75) is 35.5 Å².